The number of carbonyl (C=O) groups is 1. The maximum Gasteiger partial charge on any atom is 0.273 e. The van der Waals surface area contributed by atoms with Gasteiger partial charge in [0.15, 0.2) is 17.3 Å². The Labute approximate surface area is 191 Å². The summed E-state index contributed by atoms with van der Waals surface area (Å²) in [5.41, 5.74) is 3.56. The Bertz CT molecular complexity index is 1370. The number of hydrogen-bond donors (Lipinski definition) is 1. The van der Waals surface area contributed by atoms with Crippen LogP contribution in [-0.2, 0) is 13.0 Å². The molecule has 0 aliphatic carbocycles. The van der Waals surface area contributed by atoms with Gasteiger partial charge in [0, 0.05) is 29.6 Å². The van der Waals surface area contributed by atoms with Gasteiger partial charge in [0.1, 0.15) is 11.4 Å². The molecule has 4 aromatic rings. The minimum atomic E-state index is -0.168. The van der Waals surface area contributed by atoms with Crippen molar-refractivity contribution < 1.29 is 19.4 Å². The number of aromatic nitrogens is 2. The van der Waals surface area contributed by atoms with E-state index in [0.29, 0.717) is 53.4 Å². The highest BCUT2D eigenvalue weighted by atomic mass is 16.5. The predicted molar refractivity (Wildman–Crippen MR) is 125 cm³/mol. The monoisotopic (exact) mass is 441 g/mol. The number of para-hydroxylation sites is 1. The first-order valence-electron chi connectivity index (χ1n) is 10.7. The van der Waals surface area contributed by atoms with E-state index in [4.69, 9.17) is 19.4 Å². The molecule has 0 spiro atoms. The maximum absolute atomic E-state index is 13.7. The summed E-state index contributed by atoms with van der Waals surface area (Å²) in [5.74, 6) is 1.59. The molecule has 5 rings (SSSR count). The number of benzene rings is 3. The van der Waals surface area contributed by atoms with Crippen LogP contribution in [0.5, 0.6) is 17.2 Å². The molecule has 0 saturated carbocycles. The van der Waals surface area contributed by atoms with Crippen molar-refractivity contribution in [1.82, 2.24) is 14.9 Å². The molecule has 33 heavy (non-hydrogen) atoms. The summed E-state index contributed by atoms with van der Waals surface area (Å²) in [6.07, 6.45) is 0.538. The number of phenolic OH excluding ortho intramolecular Hbond substituents is 1. The van der Waals surface area contributed by atoms with Crippen molar-refractivity contribution in [2.75, 3.05) is 20.8 Å². The summed E-state index contributed by atoms with van der Waals surface area (Å²) in [5, 5.41) is 11.2. The van der Waals surface area contributed by atoms with Crippen molar-refractivity contribution in [3.8, 4) is 28.6 Å². The number of phenols is 1. The summed E-state index contributed by atoms with van der Waals surface area (Å²) < 4.78 is 10.6. The molecular formula is C26H23N3O4. The van der Waals surface area contributed by atoms with Gasteiger partial charge in [-0.05, 0) is 36.2 Å². The van der Waals surface area contributed by atoms with Gasteiger partial charge in [-0.3, -0.25) is 4.79 Å². The van der Waals surface area contributed by atoms with Gasteiger partial charge < -0.3 is 19.5 Å². The van der Waals surface area contributed by atoms with E-state index in [1.807, 2.05) is 54.6 Å². The third-order valence-electron chi connectivity index (χ3n) is 5.98. The van der Waals surface area contributed by atoms with E-state index in [-0.39, 0.29) is 11.7 Å². The smallest absolute Gasteiger partial charge is 0.273 e. The van der Waals surface area contributed by atoms with Crippen LogP contribution >= 0.6 is 0 Å². The Morgan fingerprint density at radius 1 is 1.00 bits per heavy atom. The van der Waals surface area contributed by atoms with Crippen LogP contribution in [0, 0.1) is 0 Å². The zero-order valence-corrected chi connectivity index (χ0v) is 18.4. The standard InChI is InChI=1S/C26H23N3O4/c1-32-18-7-5-6-16(14-18)25-27-21-9-4-3-8-20(21)23(28-25)26(31)29-13-12-19-17(15-29)10-11-22(33-2)24(19)30/h3-11,14,30H,12-13,15H2,1-2H3. The molecule has 1 N–H and O–H groups in total. The van der Waals surface area contributed by atoms with Crippen molar-refractivity contribution in [2.24, 2.45) is 0 Å². The number of amides is 1. The SMILES string of the molecule is COc1cccc(-c2nc(C(=O)N3CCc4c(ccc(OC)c4O)C3)c3ccccc3n2)c1. The first-order chi connectivity index (χ1) is 16.1. The van der Waals surface area contributed by atoms with E-state index < -0.39 is 0 Å². The van der Waals surface area contributed by atoms with Crippen molar-refractivity contribution in [3.05, 3.63) is 77.5 Å². The molecule has 0 fully saturated rings. The second kappa shape index (κ2) is 8.43. The van der Waals surface area contributed by atoms with Crippen molar-refractivity contribution >= 4 is 16.8 Å². The van der Waals surface area contributed by atoms with E-state index >= 15 is 0 Å². The first kappa shape index (κ1) is 20.8. The molecule has 0 saturated heterocycles. The second-order valence-corrected chi connectivity index (χ2v) is 7.88. The van der Waals surface area contributed by atoms with Crippen LogP contribution in [0.3, 0.4) is 0 Å². The number of hydrogen-bond acceptors (Lipinski definition) is 6. The van der Waals surface area contributed by atoms with E-state index in [9.17, 15) is 9.90 Å². The largest absolute Gasteiger partial charge is 0.504 e. The highest BCUT2D eigenvalue weighted by Gasteiger charge is 2.27. The fraction of sp³-hybridized carbons (Fsp3) is 0.192. The highest BCUT2D eigenvalue weighted by molar-refractivity contribution is 6.05. The second-order valence-electron chi connectivity index (χ2n) is 7.88. The number of aromatic hydroxyl groups is 1. The molecule has 0 bridgehead atoms. The number of nitrogens with zero attached hydrogens (tertiary/aromatic N) is 3. The predicted octanol–water partition coefficient (Wildman–Crippen LogP) is 4.22. The third-order valence-corrected chi connectivity index (χ3v) is 5.98. The quantitative estimate of drug-likeness (QED) is 0.511. The van der Waals surface area contributed by atoms with Gasteiger partial charge >= 0.3 is 0 Å². The lowest BCUT2D eigenvalue weighted by Crippen LogP contribution is -2.36. The van der Waals surface area contributed by atoms with Crippen LogP contribution in [-0.4, -0.2) is 46.6 Å². The molecule has 7 nitrogen and oxygen atoms in total. The minimum absolute atomic E-state index is 0.148. The van der Waals surface area contributed by atoms with Crippen molar-refractivity contribution in [2.45, 2.75) is 13.0 Å². The average Bonchev–Trinajstić information content (AvgIpc) is 2.87. The summed E-state index contributed by atoms with van der Waals surface area (Å²) in [6.45, 7) is 0.859. The zero-order valence-electron chi connectivity index (χ0n) is 18.4. The van der Waals surface area contributed by atoms with Gasteiger partial charge in [0.25, 0.3) is 5.91 Å². The molecule has 0 unspecified atom stereocenters. The van der Waals surface area contributed by atoms with Crippen molar-refractivity contribution in [3.63, 3.8) is 0 Å². The minimum Gasteiger partial charge on any atom is -0.504 e. The Morgan fingerprint density at radius 3 is 2.67 bits per heavy atom. The molecular weight excluding hydrogens is 418 g/mol. The van der Waals surface area contributed by atoms with E-state index in [1.54, 1.807) is 18.1 Å². The third kappa shape index (κ3) is 3.71. The fourth-order valence-corrected chi connectivity index (χ4v) is 4.23. The molecule has 166 valence electrons. The molecule has 0 radical (unpaired) electrons. The number of rotatable bonds is 4. The number of ether oxygens (including phenoxy) is 2. The zero-order chi connectivity index (χ0) is 22.9. The van der Waals surface area contributed by atoms with E-state index in [2.05, 4.69) is 0 Å². The van der Waals surface area contributed by atoms with Gasteiger partial charge in [0.2, 0.25) is 0 Å². The molecule has 7 heteroatoms. The Morgan fingerprint density at radius 2 is 1.85 bits per heavy atom. The van der Waals surface area contributed by atoms with Gasteiger partial charge in [-0.25, -0.2) is 9.97 Å². The average molecular weight is 441 g/mol. The van der Waals surface area contributed by atoms with Gasteiger partial charge in [-0.15, -0.1) is 0 Å². The normalized spacial score (nSPS) is 13.0. The molecule has 1 aliphatic heterocycles. The number of carbonyl (C=O) groups excluding carboxylic acids is 1. The molecule has 3 aromatic carbocycles. The summed E-state index contributed by atoms with van der Waals surface area (Å²) in [6, 6.07) is 18.6. The van der Waals surface area contributed by atoms with Crippen LogP contribution in [0.25, 0.3) is 22.3 Å². The molecule has 1 aliphatic rings. The molecule has 2 heterocycles. The topological polar surface area (TPSA) is 84.8 Å². The summed E-state index contributed by atoms with van der Waals surface area (Å²) in [7, 11) is 3.14. The number of fused-ring (bicyclic) bond motifs is 2. The Balaban J connectivity index is 1.55. The Kier molecular flexibility index (Phi) is 5.30. The lowest BCUT2D eigenvalue weighted by molar-refractivity contribution is 0.0730. The van der Waals surface area contributed by atoms with Crippen LogP contribution in [0.15, 0.2) is 60.7 Å². The highest BCUT2D eigenvalue weighted by Crippen LogP contribution is 2.36. The summed E-state index contributed by atoms with van der Waals surface area (Å²) in [4.78, 5) is 24.8. The van der Waals surface area contributed by atoms with Gasteiger partial charge in [-0.1, -0.05) is 36.4 Å². The van der Waals surface area contributed by atoms with Crippen molar-refractivity contribution in [1.29, 1.82) is 0 Å². The fourth-order valence-electron chi connectivity index (χ4n) is 4.23. The Hall–Kier alpha value is -4.13. The first-order valence-corrected chi connectivity index (χ1v) is 10.7. The van der Waals surface area contributed by atoms with Gasteiger partial charge in [-0.2, -0.15) is 0 Å². The van der Waals surface area contributed by atoms with Crippen LogP contribution < -0.4 is 9.47 Å². The molecule has 1 aromatic heterocycles. The molecule has 1 amide bonds. The number of methoxy groups -OCH3 is 2. The maximum atomic E-state index is 13.7. The van der Waals surface area contributed by atoms with E-state index in [0.717, 1.165) is 16.7 Å². The van der Waals surface area contributed by atoms with Crippen LogP contribution in [0.4, 0.5) is 0 Å². The van der Waals surface area contributed by atoms with Crippen LogP contribution in [0.2, 0.25) is 0 Å². The lowest BCUT2D eigenvalue weighted by atomic mass is 9.97. The summed E-state index contributed by atoms with van der Waals surface area (Å²) >= 11 is 0. The molecule has 0 atom stereocenters. The van der Waals surface area contributed by atoms with E-state index in [1.165, 1.54) is 7.11 Å². The lowest BCUT2D eigenvalue weighted by Gasteiger charge is -2.29. The van der Waals surface area contributed by atoms with Gasteiger partial charge in [0.05, 0.1) is 19.7 Å². The van der Waals surface area contributed by atoms with Crippen LogP contribution in [0.1, 0.15) is 21.6 Å².